The molecule has 2 heterocycles. The average molecular weight is 297 g/mol. The summed E-state index contributed by atoms with van der Waals surface area (Å²) in [6.07, 6.45) is 4.32. The second-order valence-corrected chi connectivity index (χ2v) is 6.01. The van der Waals surface area contributed by atoms with Crippen LogP contribution in [-0.4, -0.2) is 22.4 Å². The zero-order valence-electron chi connectivity index (χ0n) is 11.7. The van der Waals surface area contributed by atoms with E-state index < -0.39 is 0 Å². The summed E-state index contributed by atoms with van der Waals surface area (Å²) in [4.78, 5) is 20.5. The van der Waals surface area contributed by atoms with Crippen LogP contribution in [0.15, 0.2) is 42.7 Å². The minimum atomic E-state index is -0.0444. The van der Waals surface area contributed by atoms with E-state index in [1.807, 2.05) is 37.3 Å². The summed E-state index contributed by atoms with van der Waals surface area (Å²) < 4.78 is 1.05. The minimum Gasteiger partial charge on any atom is -0.352 e. The van der Waals surface area contributed by atoms with Crippen molar-refractivity contribution in [2.45, 2.75) is 13.3 Å². The van der Waals surface area contributed by atoms with Crippen molar-refractivity contribution in [3.63, 3.8) is 0 Å². The largest absolute Gasteiger partial charge is 0.352 e. The normalized spacial score (nSPS) is 10.7. The highest BCUT2D eigenvalue weighted by Gasteiger charge is 2.08. The van der Waals surface area contributed by atoms with Crippen LogP contribution in [0.5, 0.6) is 0 Å². The van der Waals surface area contributed by atoms with Crippen LogP contribution < -0.4 is 5.32 Å². The Morgan fingerprint density at radius 3 is 2.86 bits per heavy atom. The van der Waals surface area contributed by atoms with Crippen LogP contribution in [-0.2, 0) is 6.42 Å². The number of aromatic nitrogens is 2. The van der Waals surface area contributed by atoms with Gasteiger partial charge in [0.15, 0.2) is 0 Å². The topological polar surface area (TPSA) is 54.9 Å². The number of rotatable bonds is 4. The molecular formula is C16H15N3OS. The number of hydrogen-bond acceptors (Lipinski definition) is 4. The molecule has 1 aromatic carbocycles. The lowest BCUT2D eigenvalue weighted by Crippen LogP contribution is -2.25. The first-order valence-electron chi connectivity index (χ1n) is 6.77. The lowest BCUT2D eigenvalue weighted by molar-refractivity contribution is 0.0954. The Morgan fingerprint density at radius 2 is 2.05 bits per heavy atom. The van der Waals surface area contributed by atoms with Gasteiger partial charge in [0.25, 0.3) is 5.91 Å². The highest BCUT2D eigenvalue weighted by molar-refractivity contribution is 7.18. The first-order valence-corrected chi connectivity index (χ1v) is 7.58. The second kappa shape index (κ2) is 6.01. The van der Waals surface area contributed by atoms with Gasteiger partial charge in [-0.3, -0.25) is 9.78 Å². The number of hydrogen-bond donors (Lipinski definition) is 1. The number of amides is 1. The van der Waals surface area contributed by atoms with E-state index in [1.54, 1.807) is 23.7 Å². The zero-order chi connectivity index (χ0) is 14.7. The van der Waals surface area contributed by atoms with Crippen LogP contribution in [0.4, 0.5) is 0 Å². The van der Waals surface area contributed by atoms with Crippen LogP contribution in [0.25, 0.3) is 10.2 Å². The fraction of sp³-hybridized carbons (Fsp3) is 0.188. The smallest absolute Gasteiger partial charge is 0.251 e. The molecule has 106 valence electrons. The van der Waals surface area contributed by atoms with Gasteiger partial charge in [-0.2, -0.15) is 0 Å². The maximum Gasteiger partial charge on any atom is 0.251 e. The van der Waals surface area contributed by atoms with E-state index in [-0.39, 0.29) is 5.91 Å². The lowest BCUT2D eigenvalue weighted by atomic mass is 10.2. The Morgan fingerprint density at radius 1 is 1.24 bits per heavy atom. The van der Waals surface area contributed by atoms with Gasteiger partial charge < -0.3 is 5.32 Å². The molecule has 0 aliphatic heterocycles. The lowest BCUT2D eigenvalue weighted by Gasteiger charge is -2.05. The maximum atomic E-state index is 12.1. The van der Waals surface area contributed by atoms with Crippen molar-refractivity contribution in [1.82, 2.24) is 15.3 Å². The number of carbonyl (C=O) groups is 1. The van der Waals surface area contributed by atoms with Crippen LogP contribution in [0.3, 0.4) is 0 Å². The molecule has 0 aliphatic carbocycles. The van der Waals surface area contributed by atoms with Crippen molar-refractivity contribution in [3.8, 4) is 0 Å². The zero-order valence-corrected chi connectivity index (χ0v) is 12.5. The Bertz CT molecular complexity index is 768. The van der Waals surface area contributed by atoms with E-state index in [2.05, 4.69) is 15.3 Å². The van der Waals surface area contributed by atoms with E-state index in [4.69, 9.17) is 0 Å². The summed E-state index contributed by atoms with van der Waals surface area (Å²) in [6, 6.07) is 9.54. The van der Waals surface area contributed by atoms with Crippen LogP contribution in [0, 0.1) is 6.92 Å². The number of thiazole rings is 1. The monoisotopic (exact) mass is 297 g/mol. The van der Waals surface area contributed by atoms with Crippen molar-refractivity contribution >= 4 is 27.5 Å². The number of benzene rings is 1. The third-order valence-electron chi connectivity index (χ3n) is 3.21. The summed E-state index contributed by atoms with van der Waals surface area (Å²) in [6.45, 7) is 2.59. The van der Waals surface area contributed by atoms with Crippen molar-refractivity contribution in [1.29, 1.82) is 0 Å². The van der Waals surface area contributed by atoms with E-state index in [0.29, 0.717) is 12.1 Å². The molecule has 0 aliphatic rings. The second-order valence-electron chi connectivity index (χ2n) is 4.78. The standard InChI is InChI=1S/C16H15N3OS/c1-11-19-14-3-2-13(10-15(14)21-11)16(20)18-9-6-12-4-7-17-8-5-12/h2-5,7-8,10H,6,9H2,1H3,(H,18,20). The van der Waals surface area contributed by atoms with Crippen molar-refractivity contribution in [3.05, 3.63) is 58.9 Å². The van der Waals surface area contributed by atoms with Crippen molar-refractivity contribution in [2.75, 3.05) is 6.54 Å². The molecular weight excluding hydrogens is 282 g/mol. The molecule has 0 saturated carbocycles. The van der Waals surface area contributed by atoms with Gasteiger partial charge in [-0.15, -0.1) is 11.3 Å². The molecule has 3 rings (SSSR count). The number of carbonyl (C=O) groups excluding carboxylic acids is 1. The fourth-order valence-electron chi connectivity index (χ4n) is 2.15. The molecule has 0 unspecified atom stereocenters. The molecule has 0 bridgehead atoms. The molecule has 4 nitrogen and oxygen atoms in total. The third kappa shape index (κ3) is 3.25. The molecule has 0 atom stereocenters. The molecule has 0 saturated heterocycles. The van der Waals surface area contributed by atoms with Gasteiger partial charge in [-0.05, 0) is 49.2 Å². The fourth-order valence-corrected chi connectivity index (χ4v) is 3.02. The van der Waals surface area contributed by atoms with Crippen molar-refractivity contribution in [2.24, 2.45) is 0 Å². The minimum absolute atomic E-state index is 0.0444. The number of aryl methyl sites for hydroxylation is 1. The molecule has 5 heteroatoms. The Balaban J connectivity index is 1.63. The molecule has 2 aromatic heterocycles. The Labute approximate surface area is 126 Å². The predicted octanol–water partition coefficient (Wildman–Crippen LogP) is 2.97. The van der Waals surface area contributed by atoms with Gasteiger partial charge in [-0.25, -0.2) is 4.98 Å². The maximum absolute atomic E-state index is 12.1. The number of pyridine rings is 1. The van der Waals surface area contributed by atoms with Gasteiger partial charge in [0, 0.05) is 24.5 Å². The molecule has 0 fully saturated rings. The molecule has 21 heavy (non-hydrogen) atoms. The summed E-state index contributed by atoms with van der Waals surface area (Å²) in [5, 5.41) is 3.96. The number of nitrogens with one attached hydrogen (secondary N) is 1. The first kappa shape index (κ1) is 13.7. The quantitative estimate of drug-likeness (QED) is 0.805. The Hall–Kier alpha value is -2.27. The molecule has 1 N–H and O–H groups in total. The van der Waals surface area contributed by atoms with Gasteiger partial charge in [-0.1, -0.05) is 0 Å². The van der Waals surface area contributed by atoms with Gasteiger partial charge in [0.1, 0.15) is 0 Å². The van der Waals surface area contributed by atoms with Gasteiger partial charge in [0.2, 0.25) is 0 Å². The van der Waals surface area contributed by atoms with Crippen LogP contribution >= 0.6 is 11.3 Å². The Kier molecular flexibility index (Phi) is 3.92. The predicted molar refractivity (Wildman–Crippen MR) is 84.6 cm³/mol. The molecule has 0 radical (unpaired) electrons. The number of nitrogens with zero attached hydrogens (tertiary/aromatic N) is 2. The van der Waals surface area contributed by atoms with Crippen molar-refractivity contribution < 1.29 is 4.79 Å². The molecule has 3 aromatic rings. The van der Waals surface area contributed by atoms with Gasteiger partial charge in [0.05, 0.1) is 15.2 Å². The van der Waals surface area contributed by atoms with E-state index in [9.17, 15) is 4.79 Å². The molecule has 1 amide bonds. The first-order chi connectivity index (χ1) is 10.2. The van der Waals surface area contributed by atoms with E-state index in [0.717, 1.165) is 21.6 Å². The number of fused-ring (bicyclic) bond motifs is 1. The summed E-state index contributed by atoms with van der Waals surface area (Å²) >= 11 is 1.61. The van der Waals surface area contributed by atoms with E-state index >= 15 is 0 Å². The summed E-state index contributed by atoms with van der Waals surface area (Å²) in [7, 11) is 0. The van der Waals surface area contributed by atoms with Gasteiger partial charge >= 0.3 is 0 Å². The third-order valence-corrected chi connectivity index (χ3v) is 4.14. The van der Waals surface area contributed by atoms with Crippen LogP contribution in [0.2, 0.25) is 0 Å². The van der Waals surface area contributed by atoms with E-state index in [1.165, 1.54) is 5.56 Å². The highest BCUT2D eigenvalue weighted by Crippen LogP contribution is 2.22. The average Bonchev–Trinajstić information content (AvgIpc) is 2.87. The summed E-state index contributed by atoms with van der Waals surface area (Å²) in [5.41, 5.74) is 2.80. The highest BCUT2D eigenvalue weighted by atomic mass is 32.1. The van der Waals surface area contributed by atoms with Crippen LogP contribution in [0.1, 0.15) is 20.9 Å². The summed E-state index contributed by atoms with van der Waals surface area (Å²) in [5.74, 6) is -0.0444. The SMILES string of the molecule is Cc1nc2ccc(C(=O)NCCc3ccncc3)cc2s1. The molecule has 0 spiro atoms.